The summed E-state index contributed by atoms with van der Waals surface area (Å²) in [4.78, 5) is 0. The fourth-order valence-corrected chi connectivity index (χ4v) is 12.1. The molecule has 6 aromatic carbocycles. The van der Waals surface area contributed by atoms with Crippen molar-refractivity contribution in [2.75, 3.05) is 0 Å². The molecular weight excluding hydrogens is 678 g/mol. The van der Waals surface area contributed by atoms with Crippen LogP contribution in [0.25, 0.3) is 10.6 Å². The summed E-state index contributed by atoms with van der Waals surface area (Å²) < 4.78 is 0. The van der Waals surface area contributed by atoms with Crippen LogP contribution in [0.4, 0.5) is 22.7 Å². The second-order valence-corrected chi connectivity index (χ2v) is 16.6. The van der Waals surface area contributed by atoms with Crippen molar-refractivity contribution in [3.05, 3.63) is 166 Å². The quantitative estimate of drug-likeness (QED) is 0.127. The third kappa shape index (κ3) is 6.45. The number of fused-ring (bicyclic) bond motifs is 4. The van der Waals surface area contributed by atoms with Crippen LogP contribution in [0.3, 0.4) is 0 Å². The first-order chi connectivity index (χ1) is 21.4. The molecule has 0 amide bonds. The molecule has 0 saturated carbocycles. The SMILES string of the molecule is Cc1ccc2c(c1)[PH+](c1ccccc1)c1cc(C)ccc1[N-]c1ccc(C)cc1[PH+](c1ccccc1)c1cc(C)ccc1[N-]2.[Ag]. The van der Waals surface area contributed by atoms with Crippen LogP contribution in [-0.4, -0.2) is 0 Å². The first kappa shape index (κ1) is 31.5. The third-order valence-corrected chi connectivity index (χ3v) is 13.9. The minimum absolute atomic E-state index is 0. The maximum Gasteiger partial charge on any atom is 0.102 e. The van der Waals surface area contributed by atoms with Gasteiger partial charge in [0.05, 0.1) is 37.1 Å². The topological polar surface area (TPSA) is 28.2 Å². The number of aryl methyl sites for hydroxylation is 4. The number of rotatable bonds is 2. The molecule has 5 heteroatoms. The van der Waals surface area contributed by atoms with Gasteiger partial charge in [0.25, 0.3) is 0 Å². The monoisotopic (exact) mass is 713 g/mol. The number of hydrogen-bond donors (Lipinski definition) is 0. The normalized spacial score (nSPS) is 15.3. The summed E-state index contributed by atoms with van der Waals surface area (Å²) in [5.41, 5.74) is 9.17. The van der Waals surface area contributed by atoms with Gasteiger partial charge in [-0.15, -0.1) is 0 Å². The van der Waals surface area contributed by atoms with E-state index in [1.165, 1.54) is 54.1 Å². The number of hydrogen-bond acceptors (Lipinski definition) is 0. The van der Waals surface area contributed by atoms with Crippen molar-refractivity contribution in [1.82, 2.24) is 0 Å². The molecule has 0 unspecified atom stereocenters. The summed E-state index contributed by atoms with van der Waals surface area (Å²) in [6, 6.07) is 49.2. The molecule has 6 aromatic rings. The zero-order chi connectivity index (χ0) is 30.2. The van der Waals surface area contributed by atoms with Gasteiger partial charge in [-0.25, -0.2) is 0 Å². The minimum Gasteiger partial charge on any atom is -0.651 e. The predicted molar refractivity (Wildman–Crippen MR) is 197 cm³/mol. The Morgan fingerprint density at radius 2 is 0.622 bits per heavy atom. The van der Waals surface area contributed by atoms with Gasteiger partial charge in [-0.1, -0.05) is 108 Å². The Labute approximate surface area is 285 Å². The third-order valence-electron chi connectivity index (χ3n) is 8.29. The van der Waals surface area contributed by atoms with Crippen LogP contribution in [0.15, 0.2) is 133 Å². The van der Waals surface area contributed by atoms with E-state index in [-0.39, 0.29) is 22.4 Å². The van der Waals surface area contributed by atoms with E-state index in [1.54, 1.807) is 0 Å². The van der Waals surface area contributed by atoms with Crippen LogP contribution in [-0.2, 0) is 22.4 Å². The summed E-state index contributed by atoms with van der Waals surface area (Å²) in [6.07, 6.45) is 0. The van der Waals surface area contributed by atoms with Crippen LogP contribution in [0.5, 0.6) is 0 Å². The van der Waals surface area contributed by atoms with Gasteiger partial charge in [-0.05, 0) is 98.5 Å². The Morgan fingerprint density at radius 3 is 0.889 bits per heavy atom. The van der Waals surface area contributed by atoms with Crippen molar-refractivity contribution in [3.63, 3.8) is 0 Å². The van der Waals surface area contributed by atoms with E-state index < -0.39 is 15.8 Å². The van der Waals surface area contributed by atoms with Gasteiger partial charge in [-0.3, -0.25) is 0 Å². The van der Waals surface area contributed by atoms with Crippen molar-refractivity contribution in [2.45, 2.75) is 27.7 Å². The van der Waals surface area contributed by atoms with Crippen LogP contribution >= 0.6 is 15.8 Å². The molecule has 0 atom stereocenters. The van der Waals surface area contributed by atoms with Gasteiger partial charge in [0.1, 0.15) is 10.6 Å². The Hall–Kier alpha value is -3.48. The average Bonchev–Trinajstić information content (AvgIpc) is 3.03. The summed E-state index contributed by atoms with van der Waals surface area (Å²) >= 11 is 0. The molecule has 2 nitrogen and oxygen atoms in total. The second-order valence-electron chi connectivity index (χ2n) is 11.8. The van der Waals surface area contributed by atoms with Gasteiger partial charge in [-0.2, -0.15) is 0 Å². The van der Waals surface area contributed by atoms with Crippen molar-refractivity contribution in [1.29, 1.82) is 0 Å². The minimum atomic E-state index is -1.47. The summed E-state index contributed by atoms with van der Waals surface area (Å²) in [5, 5.41) is 19.0. The maximum atomic E-state index is 5.58. The predicted octanol–water partition coefficient (Wildman–Crippen LogP) is 8.89. The molecular formula is C40H36AgN2P2. The van der Waals surface area contributed by atoms with Crippen molar-refractivity contribution in [3.8, 4) is 0 Å². The van der Waals surface area contributed by atoms with Crippen LogP contribution in [0.2, 0.25) is 0 Å². The van der Waals surface area contributed by atoms with Crippen LogP contribution in [0.1, 0.15) is 22.3 Å². The van der Waals surface area contributed by atoms with E-state index in [0.717, 1.165) is 22.7 Å². The fourth-order valence-electron chi connectivity index (χ4n) is 6.17. The Kier molecular flexibility index (Phi) is 9.44. The van der Waals surface area contributed by atoms with Crippen LogP contribution < -0.4 is 31.8 Å². The van der Waals surface area contributed by atoms with E-state index in [9.17, 15) is 0 Å². The van der Waals surface area contributed by atoms with Gasteiger partial charge in [0.15, 0.2) is 0 Å². The molecule has 1 radical (unpaired) electrons. The molecule has 0 saturated heterocycles. The molecule has 0 N–H and O–H groups in total. The van der Waals surface area contributed by atoms with E-state index in [4.69, 9.17) is 10.6 Å². The Morgan fingerprint density at radius 1 is 0.356 bits per heavy atom. The molecule has 0 aromatic heterocycles. The molecule has 0 aliphatic carbocycles. The molecule has 7 rings (SSSR count). The van der Waals surface area contributed by atoms with E-state index >= 15 is 0 Å². The van der Waals surface area contributed by atoms with Crippen molar-refractivity contribution in [2.24, 2.45) is 0 Å². The van der Waals surface area contributed by atoms with Crippen molar-refractivity contribution >= 4 is 70.4 Å². The largest absolute Gasteiger partial charge is 0.651 e. The molecule has 1 aliphatic rings. The summed E-state index contributed by atoms with van der Waals surface area (Å²) in [7, 11) is -2.95. The van der Waals surface area contributed by atoms with E-state index in [2.05, 4.69) is 161 Å². The maximum absolute atomic E-state index is 5.58. The van der Waals surface area contributed by atoms with E-state index in [0.29, 0.717) is 0 Å². The Balaban J connectivity index is 0.00000357. The summed E-state index contributed by atoms with van der Waals surface area (Å²) in [6.45, 7) is 8.76. The Bertz CT molecular complexity index is 1730. The standard InChI is InChI=1S/C40H34N2P2.Ag/c1-27-15-19-33-37(23-27)43(31-11-7-5-8-12-31)38-24-28(2)16-20-34(38)42-36-22-18-30(4)26-40(36)44(32-13-9-6-10-14-32)39-25-29(3)17-21-35(39)41-33;/h5-26H,1-4H3;/q-2;/p+2. The molecule has 227 valence electrons. The van der Waals surface area contributed by atoms with Gasteiger partial charge in [0.2, 0.25) is 0 Å². The molecule has 0 fully saturated rings. The van der Waals surface area contributed by atoms with Gasteiger partial charge < -0.3 is 10.6 Å². The average molecular weight is 715 g/mol. The van der Waals surface area contributed by atoms with Crippen molar-refractivity contribution < 1.29 is 22.4 Å². The van der Waals surface area contributed by atoms with Gasteiger partial charge >= 0.3 is 0 Å². The first-order valence-corrected chi connectivity index (χ1v) is 18.2. The van der Waals surface area contributed by atoms with E-state index in [1.807, 2.05) is 0 Å². The first-order valence-electron chi connectivity index (χ1n) is 15.2. The second kappa shape index (κ2) is 13.5. The molecule has 0 spiro atoms. The molecule has 1 heterocycles. The van der Waals surface area contributed by atoms with Gasteiger partial charge in [0, 0.05) is 22.4 Å². The molecule has 0 bridgehead atoms. The molecule has 1 aliphatic heterocycles. The smallest absolute Gasteiger partial charge is 0.102 e. The zero-order valence-corrected chi connectivity index (χ0v) is 29.4. The summed E-state index contributed by atoms with van der Waals surface area (Å²) in [5.74, 6) is 0. The zero-order valence-electron chi connectivity index (χ0n) is 25.9. The molecule has 45 heavy (non-hydrogen) atoms. The number of benzene rings is 6. The van der Waals surface area contributed by atoms with Crippen LogP contribution in [0, 0.1) is 27.7 Å². The fraction of sp³-hybridized carbons (Fsp3) is 0.100. The number of nitrogens with zero attached hydrogens (tertiary/aromatic N) is 2.